The summed E-state index contributed by atoms with van der Waals surface area (Å²) in [6.45, 7) is 8.41. The SMILES string of the molecule is CCNC(=NCc1c(C)nn(C)c1C)NCCc1ccccc1OC.I. The minimum absolute atomic E-state index is 0. The molecule has 2 aromatic rings. The van der Waals surface area contributed by atoms with Gasteiger partial charge in [-0.1, -0.05) is 18.2 Å². The summed E-state index contributed by atoms with van der Waals surface area (Å²) in [7, 11) is 3.67. The minimum atomic E-state index is 0. The van der Waals surface area contributed by atoms with Gasteiger partial charge in [0.2, 0.25) is 0 Å². The molecule has 0 amide bonds. The minimum Gasteiger partial charge on any atom is -0.496 e. The van der Waals surface area contributed by atoms with Gasteiger partial charge in [-0.15, -0.1) is 24.0 Å². The standard InChI is InChI=1S/C19H29N5O.HI/c1-6-20-19(22-13-17-14(2)23-24(4)15(17)3)21-12-11-16-9-7-8-10-18(16)25-5;/h7-10H,6,11-13H2,1-5H3,(H2,20,21,22);1H. The number of aromatic nitrogens is 2. The van der Waals surface area contributed by atoms with Crippen LogP contribution in [0.15, 0.2) is 29.3 Å². The first-order valence-corrected chi connectivity index (χ1v) is 8.70. The largest absolute Gasteiger partial charge is 0.496 e. The molecule has 1 heterocycles. The molecule has 0 atom stereocenters. The lowest BCUT2D eigenvalue weighted by Gasteiger charge is -2.13. The zero-order valence-electron chi connectivity index (χ0n) is 16.3. The van der Waals surface area contributed by atoms with Crippen LogP contribution in [0.3, 0.4) is 0 Å². The fourth-order valence-corrected chi connectivity index (χ4v) is 2.77. The molecule has 0 unspecified atom stereocenters. The topological polar surface area (TPSA) is 63.5 Å². The number of rotatable bonds is 7. The molecule has 0 fully saturated rings. The van der Waals surface area contributed by atoms with Crippen molar-refractivity contribution < 1.29 is 4.74 Å². The summed E-state index contributed by atoms with van der Waals surface area (Å²) in [5, 5.41) is 11.1. The third kappa shape index (κ3) is 5.89. The highest BCUT2D eigenvalue weighted by molar-refractivity contribution is 14.0. The summed E-state index contributed by atoms with van der Waals surface area (Å²) in [5.41, 5.74) is 4.57. The summed E-state index contributed by atoms with van der Waals surface area (Å²) in [6, 6.07) is 8.10. The summed E-state index contributed by atoms with van der Waals surface area (Å²) >= 11 is 0. The maximum absolute atomic E-state index is 5.40. The number of aliphatic imine (C=N–C) groups is 1. The van der Waals surface area contributed by atoms with Crippen LogP contribution >= 0.6 is 24.0 Å². The number of para-hydroxylation sites is 1. The quantitative estimate of drug-likeness (QED) is 0.371. The van der Waals surface area contributed by atoms with Crippen molar-refractivity contribution in [2.75, 3.05) is 20.2 Å². The van der Waals surface area contributed by atoms with Gasteiger partial charge in [0.25, 0.3) is 0 Å². The van der Waals surface area contributed by atoms with E-state index >= 15 is 0 Å². The molecule has 7 heteroatoms. The molecule has 2 rings (SSSR count). The lowest BCUT2D eigenvalue weighted by molar-refractivity contribution is 0.409. The third-order valence-electron chi connectivity index (χ3n) is 4.28. The van der Waals surface area contributed by atoms with E-state index in [1.165, 1.54) is 11.1 Å². The van der Waals surface area contributed by atoms with Gasteiger partial charge in [-0.2, -0.15) is 5.10 Å². The van der Waals surface area contributed by atoms with E-state index in [9.17, 15) is 0 Å². The molecule has 0 radical (unpaired) electrons. The van der Waals surface area contributed by atoms with E-state index in [0.29, 0.717) is 6.54 Å². The molecule has 0 aliphatic heterocycles. The lowest BCUT2D eigenvalue weighted by atomic mass is 10.1. The number of nitrogens with one attached hydrogen (secondary N) is 2. The molecule has 2 N–H and O–H groups in total. The van der Waals surface area contributed by atoms with E-state index in [1.807, 2.05) is 36.9 Å². The second-order valence-corrected chi connectivity index (χ2v) is 5.96. The van der Waals surface area contributed by atoms with Crippen LogP contribution in [0.25, 0.3) is 0 Å². The van der Waals surface area contributed by atoms with E-state index in [4.69, 9.17) is 9.73 Å². The average molecular weight is 471 g/mol. The van der Waals surface area contributed by atoms with Gasteiger partial charge >= 0.3 is 0 Å². The van der Waals surface area contributed by atoms with Crippen molar-refractivity contribution in [3.05, 3.63) is 46.8 Å². The predicted octanol–water partition coefficient (Wildman–Crippen LogP) is 2.96. The number of methoxy groups -OCH3 is 1. The Bertz CT molecular complexity index is 727. The van der Waals surface area contributed by atoms with Crippen molar-refractivity contribution in [3.63, 3.8) is 0 Å². The van der Waals surface area contributed by atoms with Crippen molar-refractivity contribution in [3.8, 4) is 5.75 Å². The first-order chi connectivity index (χ1) is 12.1. The summed E-state index contributed by atoms with van der Waals surface area (Å²) < 4.78 is 7.31. The van der Waals surface area contributed by atoms with Gasteiger partial charge in [-0.3, -0.25) is 4.68 Å². The van der Waals surface area contributed by atoms with E-state index in [1.54, 1.807) is 7.11 Å². The molecule has 1 aromatic carbocycles. The van der Waals surface area contributed by atoms with Crippen molar-refractivity contribution in [1.29, 1.82) is 0 Å². The summed E-state index contributed by atoms with van der Waals surface area (Å²) in [6.07, 6.45) is 0.874. The van der Waals surface area contributed by atoms with Gasteiger partial charge < -0.3 is 15.4 Å². The maximum Gasteiger partial charge on any atom is 0.191 e. The fraction of sp³-hybridized carbons (Fsp3) is 0.474. The van der Waals surface area contributed by atoms with Crippen LogP contribution in [-0.2, 0) is 20.0 Å². The zero-order chi connectivity index (χ0) is 18.2. The lowest BCUT2D eigenvalue weighted by Crippen LogP contribution is -2.38. The Hall–Kier alpha value is -1.77. The number of hydrogen-bond donors (Lipinski definition) is 2. The Morgan fingerprint density at radius 2 is 1.96 bits per heavy atom. The average Bonchev–Trinajstić information content (AvgIpc) is 2.85. The molecule has 0 aliphatic rings. The Morgan fingerprint density at radius 3 is 2.58 bits per heavy atom. The molecule has 0 saturated heterocycles. The number of guanidine groups is 1. The highest BCUT2D eigenvalue weighted by Crippen LogP contribution is 2.17. The van der Waals surface area contributed by atoms with Crippen LogP contribution < -0.4 is 15.4 Å². The second kappa shape index (κ2) is 11.1. The fourth-order valence-electron chi connectivity index (χ4n) is 2.77. The predicted molar refractivity (Wildman–Crippen MR) is 118 cm³/mol. The van der Waals surface area contributed by atoms with Gasteiger partial charge in [-0.05, 0) is 38.8 Å². The Balaban J connectivity index is 0.00000338. The van der Waals surface area contributed by atoms with Crippen LogP contribution in [0, 0.1) is 13.8 Å². The smallest absolute Gasteiger partial charge is 0.191 e. The van der Waals surface area contributed by atoms with Crippen molar-refractivity contribution in [1.82, 2.24) is 20.4 Å². The van der Waals surface area contributed by atoms with Gasteiger partial charge in [0.05, 0.1) is 19.3 Å². The summed E-state index contributed by atoms with van der Waals surface area (Å²) in [4.78, 5) is 4.70. The number of ether oxygens (including phenoxy) is 1. The molecule has 0 bridgehead atoms. The van der Waals surface area contributed by atoms with Crippen molar-refractivity contribution in [2.24, 2.45) is 12.0 Å². The molecular formula is C19H30IN5O. The van der Waals surface area contributed by atoms with Crippen LogP contribution in [0.1, 0.15) is 29.4 Å². The molecule has 0 spiro atoms. The van der Waals surface area contributed by atoms with Crippen molar-refractivity contribution >= 4 is 29.9 Å². The van der Waals surface area contributed by atoms with Gasteiger partial charge in [0.1, 0.15) is 5.75 Å². The molecular weight excluding hydrogens is 441 g/mol. The third-order valence-corrected chi connectivity index (χ3v) is 4.28. The number of aryl methyl sites for hydroxylation is 2. The van der Waals surface area contributed by atoms with Crippen molar-refractivity contribution in [2.45, 2.75) is 33.7 Å². The van der Waals surface area contributed by atoms with Crippen LogP contribution in [0.4, 0.5) is 0 Å². The molecule has 6 nitrogen and oxygen atoms in total. The van der Waals surface area contributed by atoms with E-state index < -0.39 is 0 Å². The van der Waals surface area contributed by atoms with Gasteiger partial charge in [-0.25, -0.2) is 4.99 Å². The first kappa shape index (κ1) is 22.3. The monoisotopic (exact) mass is 471 g/mol. The molecule has 26 heavy (non-hydrogen) atoms. The van der Waals surface area contributed by atoms with Gasteiger partial charge in [0.15, 0.2) is 5.96 Å². The van der Waals surface area contributed by atoms with E-state index in [2.05, 4.69) is 35.6 Å². The van der Waals surface area contributed by atoms with E-state index in [-0.39, 0.29) is 24.0 Å². The summed E-state index contributed by atoms with van der Waals surface area (Å²) in [5.74, 6) is 1.74. The maximum atomic E-state index is 5.40. The first-order valence-electron chi connectivity index (χ1n) is 8.70. The Kier molecular flexibility index (Phi) is 9.47. The number of benzene rings is 1. The van der Waals surface area contributed by atoms with Crippen LogP contribution in [-0.4, -0.2) is 35.9 Å². The molecule has 144 valence electrons. The van der Waals surface area contributed by atoms with E-state index in [0.717, 1.165) is 42.6 Å². The van der Waals surface area contributed by atoms with Gasteiger partial charge in [0, 0.05) is 31.4 Å². The highest BCUT2D eigenvalue weighted by atomic mass is 127. The van der Waals surface area contributed by atoms with Crippen LogP contribution in [0.2, 0.25) is 0 Å². The Labute approximate surface area is 173 Å². The Morgan fingerprint density at radius 1 is 1.23 bits per heavy atom. The van der Waals surface area contributed by atoms with Crippen LogP contribution in [0.5, 0.6) is 5.75 Å². The normalized spacial score (nSPS) is 11.0. The second-order valence-electron chi connectivity index (χ2n) is 5.96. The number of halogens is 1. The molecule has 0 aliphatic carbocycles. The molecule has 0 saturated carbocycles. The zero-order valence-corrected chi connectivity index (χ0v) is 18.6. The molecule has 1 aromatic heterocycles. The highest BCUT2D eigenvalue weighted by Gasteiger charge is 2.09. The number of hydrogen-bond acceptors (Lipinski definition) is 3. The number of nitrogens with zero attached hydrogens (tertiary/aromatic N) is 3.